The van der Waals surface area contributed by atoms with Crippen molar-refractivity contribution in [2.45, 2.75) is 32.3 Å². The van der Waals surface area contributed by atoms with Crippen LogP contribution < -0.4 is 5.32 Å². The summed E-state index contributed by atoms with van der Waals surface area (Å²) in [5, 5.41) is 2.16. The monoisotopic (exact) mass is 275 g/mol. The molecule has 1 aliphatic rings. The highest BCUT2D eigenvalue weighted by Crippen LogP contribution is 2.24. The van der Waals surface area contributed by atoms with Gasteiger partial charge in [-0.2, -0.15) is 0 Å². The Labute approximate surface area is 117 Å². The molecular weight excluding hydrogens is 258 g/mol. The number of nitrogens with one attached hydrogen (secondary N) is 1. The van der Waals surface area contributed by atoms with Gasteiger partial charge in [-0.1, -0.05) is 37.3 Å². The Kier molecular flexibility index (Phi) is 4.17. The number of benzene rings is 1. The topological polar surface area (TPSA) is 72.5 Å². The van der Waals surface area contributed by atoms with E-state index in [9.17, 15) is 14.4 Å². The van der Waals surface area contributed by atoms with Crippen LogP contribution in [0.4, 0.5) is 0 Å². The number of amides is 2. The van der Waals surface area contributed by atoms with E-state index in [0.717, 1.165) is 5.56 Å². The molecule has 2 rings (SSSR count). The van der Waals surface area contributed by atoms with Crippen LogP contribution in [-0.4, -0.2) is 23.9 Å². The highest BCUT2D eigenvalue weighted by atomic mass is 16.6. The molecule has 2 amide bonds. The summed E-state index contributed by atoms with van der Waals surface area (Å²) in [6.07, 6.45) is -0.452. The third kappa shape index (κ3) is 2.71. The Balaban J connectivity index is 2.11. The van der Waals surface area contributed by atoms with Gasteiger partial charge in [0, 0.05) is 0 Å². The van der Waals surface area contributed by atoms with Crippen LogP contribution in [0.5, 0.6) is 0 Å². The Bertz CT molecular complexity index is 526. The minimum atomic E-state index is -1.02. The molecule has 3 atom stereocenters. The summed E-state index contributed by atoms with van der Waals surface area (Å²) in [5.74, 6) is -2.48. The molecule has 1 heterocycles. The predicted molar refractivity (Wildman–Crippen MR) is 71.7 cm³/mol. The number of ether oxygens (including phenoxy) is 1. The Hall–Kier alpha value is -2.17. The second-order valence-electron chi connectivity index (χ2n) is 4.87. The van der Waals surface area contributed by atoms with Crippen LogP contribution in [0.15, 0.2) is 30.3 Å². The smallest absolute Gasteiger partial charge is 0.314 e. The van der Waals surface area contributed by atoms with Crippen LogP contribution in [0.2, 0.25) is 0 Å². The predicted octanol–water partition coefficient (Wildman–Crippen LogP) is 1.38. The van der Waals surface area contributed by atoms with Crippen molar-refractivity contribution in [3.8, 4) is 0 Å². The fourth-order valence-electron chi connectivity index (χ4n) is 2.26. The fourth-order valence-corrected chi connectivity index (χ4v) is 2.26. The average molecular weight is 275 g/mol. The first-order valence-corrected chi connectivity index (χ1v) is 6.64. The molecule has 1 fully saturated rings. The van der Waals surface area contributed by atoms with Gasteiger partial charge in [0.2, 0.25) is 5.91 Å². The second kappa shape index (κ2) is 5.86. The fraction of sp³-hybridized carbons (Fsp3) is 0.400. The molecular formula is C15H17NO4. The van der Waals surface area contributed by atoms with Gasteiger partial charge in [0.1, 0.15) is 0 Å². The van der Waals surface area contributed by atoms with Gasteiger partial charge < -0.3 is 4.74 Å². The van der Waals surface area contributed by atoms with Gasteiger partial charge in [-0.15, -0.1) is 0 Å². The zero-order valence-electron chi connectivity index (χ0n) is 11.5. The van der Waals surface area contributed by atoms with E-state index in [-0.39, 0.29) is 0 Å². The van der Waals surface area contributed by atoms with Crippen molar-refractivity contribution in [1.82, 2.24) is 5.32 Å². The SMILES string of the molecule is CCC(C(=O)OC1C(=O)NC(=O)C1C)c1ccccc1. The molecule has 1 aromatic carbocycles. The summed E-state index contributed by atoms with van der Waals surface area (Å²) in [6, 6.07) is 9.25. The van der Waals surface area contributed by atoms with E-state index in [2.05, 4.69) is 5.32 Å². The summed E-state index contributed by atoms with van der Waals surface area (Å²) in [5.41, 5.74) is 0.845. The number of esters is 1. The maximum Gasteiger partial charge on any atom is 0.314 e. The molecule has 0 aromatic heterocycles. The van der Waals surface area contributed by atoms with E-state index in [0.29, 0.717) is 6.42 Å². The van der Waals surface area contributed by atoms with Crippen LogP contribution >= 0.6 is 0 Å². The molecule has 0 saturated carbocycles. The maximum atomic E-state index is 12.2. The van der Waals surface area contributed by atoms with Crippen LogP contribution in [0.25, 0.3) is 0 Å². The minimum Gasteiger partial charge on any atom is -0.451 e. The first-order valence-electron chi connectivity index (χ1n) is 6.64. The van der Waals surface area contributed by atoms with E-state index in [1.54, 1.807) is 6.92 Å². The van der Waals surface area contributed by atoms with Crippen LogP contribution in [0, 0.1) is 5.92 Å². The average Bonchev–Trinajstić information content (AvgIpc) is 2.67. The van der Waals surface area contributed by atoms with Gasteiger partial charge in [-0.25, -0.2) is 0 Å². The van der Waals surface area contributed by atoms with Crippen LogP contribution in [-0.2, 0) is 19.1 Å². The number of carbonyl (C=O) groups excluding carboxylic acids is 3. The zero-order valence-corrected chi connectivity index (χ0v) is 11.5. The number of carbonyl (C=O) groups is 3. The molecule has 1 aliphatic heterocycles. The highest BCUT2D eigenvalue weighted by molar-refractivity contribution is 6.07. The van der Waals surface area contributed by atoms with Crippen molar-refractivity contribution < 1.29 is 19.1 Å². The van der Waals surface area contributed by atoms with Gasteiger partial charge in [-0.05, 0) is 18.9 Å². The molecule has 0 radical (unpaired) electrons. The molecule has 1 saturated heterocycles. The summed E-state index contributed by atoms with van der Waals surface area (Å²) in [7, 11) is 0. The van der Waals surface area contributed by atoms with Crippen molar-refractivity contribution in [3.05, 3.63) is 35.9 Å². The maximum absolute atomic E-state index is 12.2. The third-order valence-electron chi connectivity index (χ3n) is 3.51. The summed E-state index contributed by atoms with van der Waals surface area (Å²) in [4.78, 5) is 35.1. The molecule has 0 bridgehead atoms. The van der Waals surface area contributed by atoms with Crippen molar-refractivity contribution in [2.24, 2.45) is 5.92 Å². The van der Waals surface area contributed by atoms with Crippen molar-refractivity contribution in [2.75, 3.05) is 0 Å². The lowest BCUT2D eigenvalue weighted by Gasteiger charge is -2.18. The zero-order chi connectivity index (χ0) is 14.7. The molecule has 5 heteroatoms. The minimum absolute atomic E-state index is 0.402. The summed E-state index contributed by atoms with van der Waals surface area (Å²) < 4.78 is 5.24. The van der Waals surface area contributed by atoms with Gasteiger partial charge >= 0.3 is 5.97 Å². The molecule has 20 heavy (non-hydrogen) atoms. The summed E-state index contributed by atoms with van der Waals surface area (Å²) >= 11 is 0. The van der Waals surface area contributed by atoms with E-state index < -0.39 is 35.7 Å². The molecule has 1 N–H and O–H groups in total. The normalized spacial score (nSPS) is 23.3. The standard InChI is InChI=1S/C15H17NO4/c1-3-11(10-7-5-4-6-8-10)15(19)20-12-9(2)13(17)16-14(12)18/h4-9,11-12H,3H2,1-2H3,(H,16,17,18). The number of rotatable bonds is 4. The first-order chi connectivity index (χ1) is 9.54. The van der Waals surface area contributed by atoms with Gasteiger partial charge in [0.05, 0.1) is 11.8 Å². The van der Waals surface area contributed by atoms with E-state index in [1.807, 2.05) is 37.3 Å². The number of hydrogen-bond acceptors (Lipinski definition) is 4. The Morgan fingerprint density at radius 3 is 2.40 bits per heavy atom. The molecule has 3 unspecified atom stereocenters. The molecule has 106 valence electrons. The highest BCUT2D eigenvalue weighted by Gasteiger charge is 2.42. The quantitative estimate of drug-likeness (QED) is 0.665. The van der Waals surface area contributed by atoms with Crippen LogP contribution in [0.3, 0.4) is 0 Å². The Morgan fingerprint density at radius 2 is 1.90 bits per heavy atom. The van der Waals surface area contributed by atoms with Crippen molar-refractivity contribution in [3.63, 3.8) is 0 Å². The molecule has 5 nitrogen and oxygen atoms in total. The lowest BCUT2D eigenvalue weighted by Crippen LogP contribution is -2.32. The molecule has 0 aliphatic carbocycles. The van der Waals surface area contributed by atoms with Gasteiger partial charge in [-0.3, -0.25) is 19.7 Å². The van der Waals surface area contributed by atoms with E-state index in [4.69, 9.17) is 4.74 Å². The van der Waals surface area contributed by atoms with Crippen molar-refractivity contribution in [1.29, 1.82) is 0 Å². The lowest BCUT2D eigenvalue weighted by molar-refractivity contribution is -0.157. The number of imide groups is 1. The van der Waals surface area contributed by atoms with E-state index >= 15 is 0 Å². The largest absolute Gasteiger partial charge is 0.451 e. The van der Waals surface area contributed by atoms with Gasteiger partial charge in [0.25, 0.3) is 5.91 Å². The third-order valence-corrected chi connectivity index (χ3v) is 3.51. The van der Waals surface area contributed by atoms with E-state index in [1.165, 1.54) is 0 Å². The molecule has 1 aromatic rings. The lowest BCUT2D eigenvalue weighted by atomic mass is 9.96. The van der Waals surface area contributed by atoms with Gasteiger partial charge in [0.15, 0.2) is 6.10 Å². The van der Waals surface area contributed by atoms with Crippen LogP contribution in [0.1, 0.15) is 31.7 Å². The van der Waals surface area contributed by atoms with Crippen molar-refractivity contribution >= 4 is 17.8 Å². The first kappa shape index (κ1) is 14.2. The molecule has 0 spiro atoms. The Morgan fingerprint density at radius 1 is 1.25 bits per heavy atom. The summed E-state index contributed by atoms with van der Waals surface area (Å²) in [6.45, 7) is 3.45. The number of hydrogen-bond donors (Lipinski definition) is 1. The second-order valence-corrected chi connectivity index (χ2v) is 4.87.